The highest BCUT2D eigenvalue weighted by Gasteiger charge is 2.20. The molecular formula is C13H19FN2. The Morgan fingerprint density at radius 2 is 2.25 bits per heavy atom. The van der Waals surface area contributed by atoms with Crippen molar-refractivity contribution in [3.63, 3.8) is 0 Å². The molecule has 1 unspecified atom stereocenters. The van der Waals surface area contributed by atoms with Crippen LogP contribution in [0.15, 0.2) is 12.3 Å². The maximum absolute atomic E-state index is 13.8. The summed E-state index contributed by atoms with van der Waals surface area (Å²) in [7, 11) is 0. The molecule has 0 amide bonds. The third kappa shape index (κ3) is 2.18. The van der Waals surface area contributed by atoms with Gasteiger partial charge in [-0.15, -0.1) is 0 Å². The predicted octanol–water partition coefficient (Wildman–Crippen LogP) is 3.19. The number of nitrogens with zero attached hydrogens (tertiary/aromatic N) is 2. The summed E-state index contributed by atoms with van der Waals surface area (Å²) in [4.78, 5) is 6.44. The number of halogens is 1. The van der Waals surface area contributed by atoms with Crippen molar-refractivity contribution in [1.29, 1.82) is 0 Å². The number of aromatic nitrogens is 1. The SMILES string of the molecule is CC1CCN(c2cnc(C(C)C)c(F)c2)C1. The molecule has 0 N–H and O–H groups in total. The first kappa shape index (κ1) is 11.4. The first-order chi connectivity index (χ1) is 7.58. The van der Waals surface area contributed by atoms with Crippen LogP contribution >= 0.6 is 0 Å². The normalized spacial score (nSPS) is 20.8. The number of anilines is 1. The van der Waals surface area contributed by atoms with Gasteiger partial charge >= 0.3 is 0 Å². The van der Waals surface area contributed by atoms with Crippen LogP contribution in [0.4, 0.5) is 10.1 Å². The highest BCUT2D eigenvalue weighted by Crippen LogP contribution is 2.25. The van der Waals surface area contributed by atoms with Gasteiger partial charge in [-0.3, -0.25) is 4.98 Å². The smallest absolute Gasteiger partial charge is 0.147 e. The van der Waals surface area contributed by atoms with Gasteiger partial charge in [-0.25, -0.2) is 4.39 Å². The maximum atomic E-state index is 13.8. The zero-order chi connectivity index (χ0) is 11.7. The molecule has 1 aromatic heterocycles. The lowest BCUT2D eigenvalue weighted by Gasteiger charge is -2.18. The van der Waals surface area contributed by atoms with Crippen LogP contribution in [0.3, 0.4) is 0 Å². The number of hydrogen-bond donors (Lipinski definition) is 0. The van der Waals surface area contributed by atoms with E-state index in [1.807, 2.05) is 13.8 Å². The quantitative estimate of drug-likeness (QED) is 0.764. The Morgan fingerprint density at radius 3 is 2.75 bits per heavy atom. The Morgan fingerprint density at radius 1 is 1.50 bits per heavy atom. The molecule has 88 valence electrons. The Kier molecular flexibility index (Phi) is 3.13. The lowest BCUT2D eigenvalue weighted by molar-refractivity contribution is 0.584. The molecule has 0 aliphatic carbocycles. The topological polar surface area (TPSA) is 16.1 Å². The summed E-state index contributed by atoms with van der Waals surface area (Å²) in [5.74, 6) is 0.673. The van der Waals surface area contributed by atoms with E-state index in [2.05, 4.69) is 16.8 Å². The molecule has 16 heavy (non-hydrogen) atoms. The second-order valence-electron chi connectivity index (χ2n) is 5.06. The Labute approximate surface area is 96.5 Å². The molecule has 0 bridgehead atoms. The molecule has 0 spiro atoms. The Bertz CT molecular complexity index is 376. The van der Waals surface area contributed by atoms with Gasteiger partial charge in [0.25, 0.3) is 0 Å². The average Bonchev–Trinajstić information content (AvgIpc) is 2.64. The first-order valence-electron chi connectivity index (χ1n) is 5.98. The van der Waals surface area contributed by atoms with Gasteiger partial charge in [0.15, 0.2) is 0 Å². The molecular weight excluding hydrogens is 203 g/mol. The molecule has 1 aliphatic rings. The van der Waals surface area contributed by atoms with E-state index in [0.717, 1.165) is 18.8 Å². The van der Waals surface area contributed by atoms with Gasteiger partial charge in [0.05, 0.1) is 17.6 Å². The number of pyridine rings is 1. The van der Waals surface area contributed by atoms with Crippen molar-refractivity contribution in [2.75, 3.05) is 18.0 Å². The molecule has 3 heteroatoms. The van der Waals surface area contributed by atoms with Crippen molar-refractivity contribution in [1.82, 2.24) is 4.98 Å². The van der Waals surface area contributed by atoms with Crippen LogP contribution in [0.5, 0.6) is 0 Å². The van der Waals surface area contributed by atoms with Crippen molar-refractivity contribution in [2.45, 2.75) is 33.1 Å². The predicted molar refractivity (Wildman–Crippen MR) is 64.3 cm³/mol. The van der Waals surface area contributed by atoms with E-state index < -0.39 is 0 Å². The van der Waals surface area contributed by atoms with Gasteiger partial charge in [-0.2, -0.15) is 0 Å². The third-order valence-electron chi connectivity index (χ3n) is 3.19. The zero-order valence-electron chi connectivity index (χ0n) is 10.2. The molecule has 2 nitrogen and oxygen atoms in total. The second-order valence-corrected chi connectivity index (χ2v) is 5.06. The van der Waals surface area contributed by atoms with Gasteiger partial charge in [-0.05, 0) is 18.3 Å². The van der Waals surface area contributed by atoms with Crippen LogP contribution in [-0.4, -0.2) is 18.1 Å². The lowest BCUT2D eigenvalue weighted by Crippen LogP contribution is -2.19. The summed E-state index contributed by atoms with van der Waals surface area (Å²) in [6.07, 6.45) is 2.99. The van der Waals surface area contributed by atoms with E-state index in [1.165, 1.54) is 6.42 Å². The number of hydrogen-bond acceptors (Lipinski definition) is 2. The summed E-state index contributed by atoms with van der Waals surface area (Å²) in [6, 6.07) is 1.63. The van der Waals surface area contributed by atoms with E-state index in [0.29, 0.717) is 11.6 Å². The van der Waals surface area contributed by atoms with Crippen LogP contribution in [0, 0.1) is 11.7 Å². The van der Waals surface area contributed by atoms with E-state index in [1.54, 1.807) is 12.3 Å². The van der Waals surface area contributed by atoms with Gasteiger partial charge in [0.1, 0.15) is 5.82 Å². The highest BCUT2D eigenvalue weighted by molar-refractivity contribution is 5.46. The molecule has 1 atom stereocenters. The summed E-state index contributed by atoms with van der Waals surface area (Å²) in [6.45, 7) is 8.18. The maximum Gasteiger partial charge on any atom is 0.147 e. The third-order valence-corrected chi connectivity index (χ3v) is 3.19. The van der Waals surface area contributed by atoms with Crippen molar-refractivity contribution in [3.8, 4) is 0 Å². The lowest BCUT2D eigenvalue weighted by atomic mass is 10.1. The standard InChI is InChI=1S/C13H19FN2/c1-9(2)13-12(14)6-11(7-15-13)16-5-4-10(3)8-16/h6-7,9-10H,4-5,8H2,1-3H3. The van der Waals surface area contributed by atoms with Gasteiger partial charge in [-0.1, -0.05) is 20.8 Å². The van der Waals surface area contributed by atoms with Crippen molar-refractivity contribution in [3.05, 3.63) is 23.8 Å². The summed E-state index contributed by atoms with van der Waals surface area (Å²) < 4.78 is 13.8. The first-order valence-corrected chi connectivity index (χ1v) is 5.98. The molecule has 1 aromatic rings. The highest BCUT2D eigenvalue weighted by atomic mass is 19.1. The van der Waals surface area contributed by atoms with E-state index >= 15 is 0 Å². The van der Waals surface area contributed by atoms with Gasteiger partial charge in [0.2, 0.25) is 0 Å². The molecule has 1 fully saturated rings. The monoisotopic (exact) mass is 222 g/mol. The van der Waals surface area contributed by atoms with E-state index in [9.17, 15) is 4.39 Å². The molecule has 0 aromatic carbocycles. The fourth-order valence-electron chi connectivity index (χ4n) is 2.21. The molecule has 2 heterocycles. The summed E-state index contributed by atoms with van der Waals surface area (Å²) >= 11 is 0. The summed E-state index contributed by atoms with van der Waals surface area (Å²) in [5.41, 5.74) is 1.49. The van der Waals surface area contributed by atoms with Crippen LogP contribution < -0.4 is 4.90 Å². The fraction of sp³-hybridized carbons (Fsp3) is 0.615. The van der Waals surface area contributed by atoms with Gasteiger partial charge in [0, 0.05) is 19.2 Å². The molecule has 0 radical (unpaired) electrons. The zero-order valence-corrected chi connectivity index (χ0v) is 10.2. The molecule has 2 rings (SSSR count). The Balaban J connectivity index is 2.21. The minimum Gasteiger partial charge on any atom is -0.370 e. The second kappa shape index (κ2) is 4.40. The van der Waals surface area contributed by atoms with Crippen LogP contribution in [-0.2, 0) is 0 Å². The van der Waals surface area contributed by atoms with Crippen LogP contribution in [0.25, 0.3) is 0 Å². The van der Waals surface area contributed by atoms with Crippen molar-refractivity contribution < 1.29 is 4.39 Å². The average molecular weight is 222 g/mol. The van der Waals surface area contributed by atoms with E-state index in [4.69, 9.17) is 0 Å². The van der Waals surface area contributed by atoms with Crippen LogP contribution in [0.2, 0.25) is 0 Å². The largest absolute Gasteiger partial charge is 0.370 e. The molecule has 1 saturated heterocycles. The Hall–Kier alpha value is -1.12. The molecule has 0 saturated carbocycles. The minimum absolute atomic E-state index is 0.145. The molecule has 1 aliphatic heterocycles. The van der Waals surface area contributed by atoms with Gasteiger partial charge < -0.3 is 4.90 Å². The minimum atomic E-state index is -0.174. The van der Waals surface area contributed by atoms with Crippen molar-refractivity contribution >= 4 is 5.69 Å². The van der Waals surface area contributed by atoms with Crippen molar-refractivity contribution in [2.24, 2.45) is 5.92 Å². The summed E-state index contributed by atoms with van der Waals surface area (Å²) in [5, 5.41) is 0. The fourth-order valence-corrected chi connectivity index (χ4v) is 2.21. The van der Waals surface area contributed by atoms with E-state index in [-0.39, 0.29) is 11.7 Å². The number of rotatable bonds is 2. The van der Waals surface area contributed by atoms with Crippen LogP contribution in [0.1, 0.15) is 38.8 Å².